The molecule has 0 saturated heterocycles. The van der Waals surface area contributed by atoms with E-state index >= 15 is 0 Å². The molecule has 1 aromatic carbocycles. The van der Waals surface area contributed by atoms with Crippen molar-refractivity contribution in [3.63, 3.8) is 0 Å². The van der Waals surface area contributed by atoms with Gasteiger partial charge < -0.3 is 15.3 Å². The Hall–Kier alpha value is -0.770. The van der Waals surface area contributed by atoms with Crippen LogP contribution >= 0.6 is 11.6 Å². The number of rotatable bonds is 7. The maximum Gasteiger partial charge on any atom is 0.0821 e. The lowest BCUT2D eigenvalue weighted by atomic mass is 10.0. The Morgan fingerprint density at radius 1 is 1.33 bits per heavy atom. The zero-order valence-electron chi connectivity index (χ0n) is 13.2. The highest BCUT2D eigenvalue weighted by Gasteiger charge is 2.32. The monoisotopic (exact) mass is 310 g/mol. The van der Waals surface area contributed by atoms with Crippen LogP contribution in [0.1, 0.15) is 44.6 Å². The van der Waals surface area contributed by atoms with Gasteiger partial charge >= 0.3 is 0 Å². The van der Waals surface area contributed by atoms with E-state index in [1.165, 1.54) is 0 Å². The number of aliphatic hydroxyl groups is 1. The molecular formula is C17H27ClN2O. The first kappa shape index (κ1) is 16.6. The second kappa shape index (κ2) is 7.48. The summed E-state index contributed by atoms with van der Waals surface area (Å²) in [4.78, 5) is 2.15. The summed E-state index contributed by atoms with van der Waals surface area (Å²) >= 11 is 6.37. The molecule has 0 atom stereocenters. The van der Waals surface area contributed by atoms with Gasteiger partial charge in [-0.15, -0.1) is 0 Å². The molecule has 1 fully saturated rings. The number of hydrogen-bond donors (Lipinski definition) is 2. The average molecular weight is 311 g/mol. The van der Waals surface area contributed by atoms with Crippen LogP contribution in [0.5, 0.6) is 0 Å². The summed E-state index contributed by atoms with van der Waals surface area (Å²) in [5.41, 5.74) is 1.70. The van der Waals surface area contributed by atoms with Gasteiger partial charge in [0.1, 0.15) is 0 Å². The van der Waals surface area contributed by atoms with Crippen molar-refractivity contribution in [2.45, 2.75) is 51.2 Å². The standard InChI is InChI=1S/C17H27ClN2O/c1-3-11-19-12-14-15(18)7-6-8-16(14)20(2)13-17(21)9-4-5-10-17/h6-8,19,21H,3-5,9-13H2,1-2H3. The van der Waals surface area contributed by atoms with Crippen LogP contribution in [0.4, 0.5) is 5.69 Å². The van der Waals surface area contributed by atoms with Crippen molar-refractivity contribution in [2.24, 2.45) is 0 Å². The summed E-state index contributed by atoms with van der Waals surface area (Å²) in [5.74, 6) is 0. The van der Waals surface area contributed by atoms with Gasteiger partial charge in [0.05, 0.1) is 5.60 Å². The molecule has 21 heavy (non-hydrogen) atoms. The number of anilines is 1. The molecule has 118 valence electrons. The quantitative estimate of drug-likeness (QED) is 0.756. The predicted molar refractivity (Wildman–Crippen MR) is 90.1 cm³/mol. The maximum absolute atomic E-state index is 10.6. The van der Waals surface area contributed by atoms with Crippen molar-refractivity contribution >= 4 is 17.3 Å². The highest BCUT2D eigenvalue weighted by Crippen LogP contribution is 2.33. The molecule has 1 saturated carbocycles. The van der Waals surface area contributed by atoms with Gasteiger partial charge in [-0.1, -0.05) is 37.4 Å². The minimum Gasteiger partial charge on any atom is -0.388 e. The molecule has 1 aliphatic carbocycles. The first-order valence-electron chi connectivity index (χ1n) is 7.97. The molecule has 3 nitrogen and oxygen atoms in total. The van der Waals surface area contributed by atoms with E-state index in [1.807, 2.05) is 19.2 Å². The van der Waals surface area contributed by atoms with Gasteiger partial charge in [-0.05, 0) is 37.9 Å². The largest absolute Gasteiger partial charge is 0.388 e. The van der Waals surface area contributed by atoms with Gasteiger partial charge in [0.2, 0.25) is 0 Å². The van der Waals surface area contributed by atoms with E-state index in [4.69, 9.17) is 11.6 Å². The van der Waals surface area contributed by atoms with Crippen molar-refractivity contribution in [3.8, 4) is 0 Å². The van der Waals surface area contributed by atoms with Crippen molar-refractivity contribution < 1.29 is 5.11 Å². The van der Waals surface area contributed by atoms with Crippen LogP contribution in [-0.2, 0) is 6.54 Å². The number of nitrogens with zero attached hydrogens (tertiary/aromatic N) is 1. The molecule has 2 N–H and O–H groups in total. The third-order valence-corrected chi connectivity index (χ3v) is 4.65. The Kier molecular flexibility index (Phi) is 5.91. The van der Waals surface area contributed by atoms with Gasteiger partial charge in [0.15, 0.2) is 0 Å². The van der Waals surface area contributed by atoms with Crippen LogP contribution in [0.3, 0.4) is 0 Å². The fourth-order valence-corrected chi connectivity index (χ4v) is 3.42. The maximum atomic E-state index is 10.6. The molecule has 0 aromatic heterocycles. The zero-order chi connectivity index (χ0) is 15.3. The molecule has 1 aliphatic rings. The summed E-state index contributed by atoms with van der Waals surface area (Å²) in [6, 6.07) is 6.01. The minimum absolute atomic E-state index is 0.537. The van der Waals surface area contributed by atoms with Crippen LogP contribution in [0, 0.1) is 0 Å². The number of halogens is 1. The lowest BCUT2D eigenvalue weighted by Gasteiger charge is -2.31. The fourth-order valence-electron chi connectivity index (χ4n) is 3.19. The second-order valence-electron chi connectivity index (χ2n) is 6.20. The Balaban J connectivity index is 2.11. The first-order chi connectivity index (χ1) is 10.1. The molecule has 0 bridgehead atoms. The molecule has 1 aromatic rings. The van der Waals surface area contributed by atoms with Crippen molar-refractivity contribution in [1.29, 1.82) is 0 Å². The van der Waals surface area contributed by atoms with Gasteiger partial charge in [0.25, 0.3) is 0 Å². The normalized spacial score (nSPS) is 17.1. The Labute approximate surface area is 133 Å². The summed E-state index contributed by atoms with van der Waals surface area (Å²) in [7, 11) is 2.05. The average Bonchev–Trinajstić information content (AvgIpc) is 2.87. The Morgan fingerprint density at radius 2 is 2.05 bits per heavy atom. The van der Waals surface area contributed by atoms with Crippen molar-refractivity contribution in [2.75, 3.05) is 25.0 Å². The van der Waals surface area contributed by atoms with Gasteiger partial charge in [-0.3, -0.25) is 0 Å². The van der Waals surface area contributed by atoms with E-state index < -0.39 is 5.60 Å². The minimum atomic E-state index is -0.537. The lowest BCUT2D eigenvalue weighted by Crippen LogP contribution is -2.39. The summed E-state index contributed by atoms with van der Waals surface area (Å²) in [6.45, 7) is 4.58. The van der Waals surface area contributed by atoms with E-state index in [0.717, 1.165) is 61.5 Å². The predicted octanol–water partition coefficient (Wildman–Crippen LogP) is 3.58. The third kappa shape index (κ3) is 4.35. The lowest BCUT2D eigenvalue weighted by molar-refractivity contribution is 0.0559. The molecule has 0 spiro atoms. The molecule has 0 aliphatic heterocycles. The molecule has 0 unspecified atom stereocenters. The summed E-state index contributed by atoms with van der Waals surface area (Å²) in [5, 5.41) is 14.8. The molecule has 0 heterocycles. The second-order valence-corrected chi connectivity index (χ2v) is 6.61. The molecule has 2 rings (SSSR count). The SMILES string of the molecule is CCCNCc1c(Cl)cccc1N(C)CC1(O)CCCC1. The topological polar surface area (TPSA) is 35.5 Å². The van der Waals surface area contributed by atoms with Gasteiger partial charge in [-0.2, -0.15) is 0 Å². The van der Waals surface area contributed by atoms with Crippen LogP contribution in [0.2, 0.25) is 5.02 Å². The van der Waals surface area contributed by atoms with E-state index in [2.05, 4.69) is 23.2 Å². The number of nitrogens with one attached hydrogen (secondary N) is 1. The van der Waals surface area contributed by atoms with Gasteiger partial charge in [0, 0.05) is 36.4 Å². The van der Waals surface area contributed by atoms with Crippen LogP contribution in [0.25, 0.3) is 0 Å². The number of benzene rings is 1. The van der Waals surface area contributed by atoms with E-state index in [-0.39, 0.29) is 0 Å². The van der Waals surface area contributed by atoms with Gasteiger partial charge in [-0.25, -0.2) is 0 Å². The number of likely N-dealkylation sites (N-methyl/N-ethyl adjacent to an activating group) is 1. The molecule has 0 radical (unpaired) electrons. The first-order valence-corrected chi connectivity index (χ1v) is 8.35. The number of hydrogen-bond acceptors (Lipinski definition) is 3. The molecule has 0 amide bonds. The fraction of sp³-hybridized carbons (Fsp3) is 0.647. The summed E-state index contributed by atoms with van der Waals surface area (Å²) in [6.07, 6.45) is 5.17. The third-order valence-electron chi connectivity index (χ3n) is 4.30. The van der Waals surface area contributed by atoms with E-state index in [9.17, 15) is 5.11 Å². The van der Waals surface area contributed by atoms with Crippen LogP contribution in [-0.4, -0.2) is 30.8 Å². The zero-order valence-corrected chi connectivity index (χ0v) is 13.9. The van der Waals surface area contributed by atoms with Crippen LogP contribution < -0.4 is 10.2 Å². The molecular weight excluding hydrogens is 284 g/mol. The Bertz CT molecular complexity index is 458. The Morgan fingerprint density at radius 3 is 2.71 bits per heavy atom. The highest BCUT2D eigenvalue weighted by molar-refractivity contribution is 6.31. The molecule has 4 heteroatoms. The highest BCUT2D eigenvalue weighted by atomic mass is 35.5. The van der Waals surface area contributed by atoms with Crippen molar-refractivity contribution in [1.82, 2.24) is 5.32 Å². The van der Waals surface area contributed by atoms with E-state index in [1.54, 1.807) is 0 Å². The summed E-state index contributed by atoms with van der Waals surface area (Å²) < 4.78 is 0. The van der Waals surface area contributed by atoms with Crippen molar-refractivity contribution in [3.05, 3.63) is 28.8 Å². The van der Waals surface area contributed by atoms with E-state index in [0.29, 0.717) is 6.54 Å². The smallest absolute Gasteiger partial charge is 0.0821 e. The van der Waals surface area contributed by atoms with Crippen LogP contribution in [0.15, 0.2) is 18.2 Å².